The van der Waals surface area contributed by atoms with Gasteiger partial charge in [0.15, 0.2) is 0 Å². The number of likely N-dealkylation sites (tertiary alicyclic amines) is 1. The van der Waals surface area contributed by atoms with E-state index in [1.54, 1.807) is 11.0 Å². The maximum Gasteiger partial charge on any atom is 0.319 e. The van der Waals surface area contributed by atoms with Gasteiger partial charge in [0.1, 0.15) is 6.33 Å². The molecule has 1 saturated heterocycles. The molecule has 0 spiro atoms. The molecule has 2 N–H and O–H groups in total. The molecule has 132 valence electrons. The van der Waals surface area contributed by atoms with Crippen molar-refractivity contribution < 1.29 is 4.79 Å². The molecule has 1 aliphatic heterocycles. The Morgan fingerprint density at radius 1 is 1.32 bits per heavy atom. The summed E-state index contributed by atoms with van der Waals surface area (Å²) in [5.41, 5.74) is 2.60. The van der Waals surface area contributed by atoms with Crippen LogP contribution in [0, 0.1) is 12.8 Å². The van der Waals surface area contributed by atoms with Crippen molar-refractivity contribution in [2.24, 2.45) is 5.92 Å². The number of carbonyl (C=O) groups excluding carboxylic acids is 1. The van der Waals surface area contributed by atoms with Crippen LogP contribution >= 0.6 is 0 Å². The van der Waals surface area contributed by atoms with Crippen molar-refractivity contribution in [1.29, 1.82) is 0 Å². The Hall–Kier alpha value is -2.48. The van der Waals surface area contributed by atoms with Crippen LogP contribution in [-0.4, -0.2) is 56.8 Å². The smallest absolute Gasteiger partial charge is 0.319 e. The summed E-state index contributed by atoms with van der Waals surface area (Å²) in [7, 11) is 0. The summed E-state index contributed by atoms with van der Waals surface area (Å²) in [6.45, 7) is 5.20. The van der Waals surface area contributed by atoms with Crippen molar-refractivity contribution in [2.45, 2.75) is 32.2 Å². The van der Waals surface area contributed by atoms with Gasteiger partial charge in [-0.05, 0) is 60.2 Å². The zero-order valence-corrected chi connectivity index (χ0v) is 14.4. The number of hydrogen-bond acceptors (Lipinski definition) is 5. The lowest BCUT2D eigenvalue weighted by Gasteiger charge is -2.17. The van der Waals surface area contributed by atoms with E-state index in [1.165, 1.54) is 19.4 Å². The summed E-state index contributed by atoms with van der Waals surface area (Å²) < 4.78 is 1.59. The van der Waals surface area contributed by atoms with Gasteiger partial charge in [-0.1, -0.05) is 6.07 Å². The largest absolute Gasteiger partial charge is 0.334 e. The maximum atomic E-state index is 12.3. The molecule has 1 aliphatic carbocycles. The third-order valence-corrected chi connectivity index (χ3v) is 4.88. The Bertz CT molecular complexity index is 741. The van der Waals surface area contributed by atoms with Crippen molar-refractivity contribution >= 4 is 11.7 Å². The highest BCUT2D eigenvalue weighted by molar-refractivity contribution is 5.89. The molecule has 8 heteroatoms. The van der Waals surface area contributed by atoms with Crippen LogP contribution in [0.15, 0.2) is 24.5 Å². The van der Waals surface area contributed by atoms with Crippen molar-refractivity contribution in [1.82, 2.24) is 30.4 Å². The first-order chi connectivity index (χ1) is 12.2. The van der Waals surface area contributed by atoms with E-state index in [4.69, 9.17) is 0 Å². The predicted octanol–water partition coefficient (Wildman–Crippen LogP) is 1.58. The van der Waals surface area contributed by atoms with Gasteiger partial charge in [0.2, 0.25) is 0 Å². The van der Waals surface area contributed by atoms with Gasteiger partial charge in [-0.2, -0.15) is 0 Å². The number of rotatable bonds is 5. The number of nitrogens with one attached hydrogen (secondary N) is 2. The first-order valence-corrected chi connectivity index (χ1v) is 8.81. The van der Waals surface area contributed by atoms with E-state index in [0.717, 1.165) is 42.4 Å². The molecule has 1 aromatic carbocycles. The molecule has 2 fully saturated rings. The monoisotopic (exact) mass is 341 g/mol. The Kier molecular flexibility index (Phi) is 4.35. The van der Waals surface area contributed by atoms with Crippen LogP contribution in [0.1, 0.15) is 24.8 Å². The maximum absolute atomic E-state index is 12.3. The van der Waals surface area contributed by atoms with E-state index in [2.05, 4.69) is 31.1 Å². The minimum Gasteiger partial charge on any atom is -0.334 e. The van der Waals surface area contributed by atoms with Crippen LogP contribution in [0.25, 0.3) is 5.69 Å². The van der Waals surface area contributed by atoms with E-state index >= 15 is 0 Å². The molecule has 8 nitrogen and oxygen atoms in total. The van der Waals surface area contributed by atoms with E-state index in [1.807, 2.05) is 25.1 Å². The molecule has 4 rings (SSSR count). The van der Waals surface area contributed by atoms with Crippen molar-refractivity contribution in [3.05, 3.63) is 30.1 Å². The summed E-state index contributed by atoms with van der Waals surface area (Å²) in [5, 5.41) is 17.2. The normalized spacial score (nSPS) is 20.6. The summed E-state index contributed by atoms with van der Waals surface area (Å²) in [4.78, 5) is 14.8. The van der Waals surface area contributed by atoms with Crippen LogP contribution in [0.4, 0.5) is 10.5 Å². The van der Waals surface area contributed by atoms with Crippen LogP contribution in [0.2, 0.25) is 0 Å². The fraction of sp³-hybridized carbons (Fsp3) is 0.529. The van der Waals surface area contributed by atoms with Gasteiger partial charge in [-0.25, -0.2) is 9.48 Å². The van der Waals surface area contributed by atoms with E-state index < -0.39 is 0 Å². The number of amides is 2. The zero-order chi connectivity index (χ0) is 17.2. The zero-order valence-electron chi connectivity index (χ0n) is 14.4. The van der Waals surface area contributed by atoms with E-state index in [9.17, 15) is 4.79 Å². The highest BCUT2D eigenvalue weighted by atomic mass is 16.2. The summed E-state index contributed by atoms with van der Waals surface area (Å²) in [6, 6.07) is 5.77. The lowest BCUT2D eigenvalue weighted by molar-refractivity contribution is 0.247. The summed E-state index contributed by atoms with van der Waals surface area (Å²) >= 11 is 0. The van der Waals surface area contributed by atoms with Gasteiger partial charge in [0, 0.05) is 31.4 Å². The lowest BCUT2D eigenvalue weighted by Crippen LogP contribution is -2.39. The van der Waals surface area contributed by atoms with Gasteiger partial charge in [0.25, 0.3) is 0 Å². The number of tetrazole rings is 1. The molecule has 2 amide bonds. The molecule has 25 heavy (non-hydrogen) atoms. The van der Waals surface area contributed by atoms with Crippen LogP contribution in [0.3, 0.4) is 0 Å². The Morgan fingerprint density at radius 2 is 2.20 bits per heavy atom. The second-order valence-corrected chi connectivity index (χ2v) is 7.04. The van der Waals surface area contributed by atoms with E-state index in [0.29, 0.717) is 0 Å². The van der Waals surface area contributed by atoms with Crippen LogP contribution in [0.5, 0.6) is 0 Å². The highest BCUT2D eigenvalue weighted by Crippen LogP contribution is 2.30. The number of aryl methyl sites for hydroxylation is 1. The first kappa shape index (κ1) is 16.0. The third kappa shape index (κ3) is 3.96. The minimum atomic E-state index is -0.162. The second kappa shape index (κ2) is 6.79. The van der Waals surface area contributed by atoms with Crippen molar-refractivity contribution in [2.75, 3.05) is 25.0 Å². The number of hydrogen-bond donors (Lipinski definition) is 2. The number of anilines is 1. The number of aromatic nitrogens is 4. The molecule has 1 aromatic heterocycles. The second-order valence-electron chi connectivity index (χ2n) is 7.04. The van der Waals surface area contributed by atoms with Gasteiger partial charge in [-0.15, -0.1) is 5.10 Å². The van der Waals surface area contributed by atoms with Crippen LogP contribution < -0.4 is 10.6 Å². The quantitative estimate of drug-likeness (QED) is 0.862. The standard InChI is InChI=1S/C17H23N7O/c1-12-2-5-14(8-16(12)24-11-18-21-22-24)19-17(25)20-15-6-7-23(10-15)9-13-3-4-13/h2,5,8,11,13,15H,3-4,6-7,9-10H2,1H3,(H2,19,20,25)/t15-/m1/s1. The number of urea groups is 1. The predicted molar refractivity (Wildman–Crippen MR) is 93.6 cm³/mol. The molecule has 0 bridgehead atoms. The number of carbonyl (C=O) groups is 1. The fourth-order valence-corrected chi connectivity index (χ4v) is 3.34. The lowest BCUT2D eigenvalue weighted by atomic mass is 10.2. The van der Waals surface area contributed by atoms with Gasteiger partial charge < -0.3 is 15.5 Å². The average Bonchev–Trinajstić information content (AvgIpc) is 3.06. The molecular weight excluding hydrogens is 318 g/mol. The summed E-state index contributed by atoms with van der Waals surface area (Å²) in [5.74, 6) is 0.893. The third-order valence-electron chi connectivity index (χ3n) is 4.88. The average molecular weight is 341 g/mol. The van der Waals surface area contributed by atoms with E-state index in [-0.39, 0.29) is 12.1 Å². The minimum absolute atomic E-state index is 0.162. The first-order valence-electron chi connectivity index (χ1n) is 8.81. The molecule has 0 radical (unpaired) electrons. The Morgan fingerprint density at radius 3 is 2.96 bits per heavy atom. The topological polar surface area (TPSA) is 88.0 Å². The highest BCUT2D eigenvalue weighted by Gasteiger charge is 2.29. The molecule has 0 unspecified atom stereocenters. The summed E-state index contributed by atoms with van der Waals surface area (Å²) in [6.07, 6.45) is 5.29. The SMILES string of the molecule is Cc1ccc(NC(=O)N[C@@H]2CCN(CC3CC3)C2)cc1-n1cnnn1. The number of benzene rings is 1. The molecule has 1 saturated carbocycles. The molecule has 2 heterocycles. The molecule has 2 aliphatic rings. The Balaban J connectivity index is 1.34. The number of nitrogens with zero attached hydrogens (tertiary/aromatic N) is 5. The van der Waals surface area contributed by atoms with Gasteiger partial charge in [0.05, 0.1) is 5.69 Å². The van der Waals surface area contributed by atoms with Crippen molar-refractivity contribution in [3.8, 4) is 5.69 Å². The Labute approximate surface area is 146 Å². The molecule has 1 atom stereocenters. The molecule has 2 aromatic rings. The van der Waals surface area contributed by atoms with Gasteiger partial charge >= 0.3 is 6.03 Å². The molecular formula is C17H23N7O. The van der Waals surface area contributed by atoms with Gasteiger partial charge in [-0.3, -0.25) is 0 Å². The fourth-order valence-electron chi connectivity index (χ4n) is 3.34. The van der Waals surface area contributed by atoms with Crippen LogP contribution in [-0.2, 0) is 0 Å². The van der Waals surface area contributed by atoms with Crippen molar-refractivity contribution in [3.63, 3.8) is 0 Å².